The zero-order valence-corrected chi connectivity index (χ0v) is 21.2. The van der Waals surface area contributed by atoms with E-state index in [9.17, 15) is 19.2 Å². The lowest BCUT2D eigenvalue weighted by molar-refractivity contribution is -0.141. The average Bonchev–Trinajstić information content (AvgIpc) is 3.63. The van der Waals surface area contributed by atoms with Gasteiger partial charge in [-0.05, 0) is 74.3 Å². The summed E-state index contributed by atoms with van der Waals surface area (Å²) in [6.07, 6.45) is 3.11. The SMILES string of the molecule is CC(N)C(=O)Nc1ccc2c(c1)CC[C@]21NC(=O)N(CC(=O)N(Cc2ccccc2)C(C)C2CC2)C1=O. The van der Waals surface area contributed by atoms with Crippen molar-refractivity contribution in [1.82, 2.24) is 15.1 Å². The van der Waals surface area contributed by atoms with E-state index in [2.05, 4.69) is 10.6 Å². The smallest absolute Gasteiger partial charge is 0.325 e. The molecule has 0 bridgehead atoms. The van der Waals surface area contributed by atoms with Crippen molar-refractivity contribution in [2.75, 3.05) is 11.9 Å². The maximum absolute atomic E-state index is 13.7. The number of anilines is 1. The van der Waals surface area contributed by atoms with Crippen LogP contribution in [0.1, 0.15) is 49.8 Å². The van der Waals surface area contributed by atoms with Crippen molar-refractivity contribution < 1.29 is 19.2 Å². The monoisotopic (exact) mass is 503 g/mol. The lowest BCUT2D eigenvalue weighted by atomic mass is 9.91. The van der Waals surface area contributed by atoms with Gasteiger partial charge in [0.05, 0.1) is 6.04 Å². The second-order valence-electron chi connectivity index (χ2n) is 10.5. The highest BCUT2D eigenvalue weighted by Crippen LogP contribution is 2.42. The number of hydrogen-bond acceptors (Lipinski definition) is 5. The van der Waals surface area contributed by atoms with Gasteiger partial charge in [-0.15, -0.1) is 0 Å². The van der Waals surface area contributed by atoms with E-state index in [-0.39, 0.29) is 24.4 Å². The van der Waals surface area contributed by atoms with E-state index in [4.69, 9.17) is 5.73 Å². The molecule has 0 radical (unpaired) electrons. The number of rotatable bonds is 8. The van der Waals surface area contributed by atoms with Crippen molar-refractivity contribution in [3.63, 3.8) is 0 Å². The van der Waals surface area contributed by atoms with Crippen LogP contribution in [0.4, 0.5) is 10.5 Å². The highest BCUT2D eigenvalue weighted by Gasteiger charge is 2.56. The summed E-state index contributed by atoms with van der Waals surface area (Å²) in [7, 11) is 0. The molecule has 3 aliphatic rings. The fourth-order valence-corrected chi connectivity index (χ4v) is 5.43. The Labute approximate surface area is 216 Å². The third-order valence-electron chi connectivity index (χ3n) is 7.80. The normalized spacial score (nSPS) is 22.0. The van der Waals surface area contributed by atoms with Gasteiger partial charge < -0.3 is 21.3 Å². The number of nitrogens with two attached hydrogens (primary N) is 1. The molecule has 2 aromatic rings. The van der Waals surface area contributed by atoms with Crippen molar-refractivity contribution in [3.05, 3.63) is 65.2 Å². The van der Waals surface area contributed by atoms with Gasteiger partial charge in [0.25, 0.3) is 5.91 Å². The standard InChI is InChI=1S/C28H33N5O4/c1-17(29)25(35)30-22-10-11-23-21(14-22)12-13-28(23)26(36)33(27(37)31-28)16-24(34)32(18(2)20-8-9-20)15-19-6-4-3-5-7-19/h3-7,10-11,14,17-18,20H,8-9,12-13,15-16,29H2,1-2H3,(H,30,35)(H,31,37)/t17?,18?,28-/m0/s1. The van der Waals surface area contributed by atoms with Crippen LogP contribution in [0.3, 0.4) is 0 Å². The molecule has 4 N–H and O–H groups in total. The van der Waals surface area contributed by atoms with Crippen LogP contribution in [-0.2, 0) is 32.9 Å². The lowest BCUT2D eigenvalue weighted by Gasteiger charge is -2.31. The number of fused-ring (bicyclic) bond motifs is 2. The molecule has 5 rings (SSSR count). The predicted molar refractivity (Wildman–Crippen MR) is 138 cm³/mol. The largest absolute Gasteiger partial charge is 0.334 e. The van der Waals surface area contributed by atoms with Gasteiger partial charge in [-0.3, -0.25) is 19.3 Å². The van der Waals surface area contributed by atoms with Crippen LogP contribution >= 0.6 is 0 Å². The molecule has 9 nitrogen and oxygen atoms in total. The average molecular weight is 504 g/mol. The van der Waals surface area contributed by atoms with E-state index in [0.29, 0.717) is 36.6 Å². The van der Waals surface area contributed by atoms with Crippen LogP contribution in [0.25, 0.3) is 0 Å². The van der Waals surface area contributed by atoms with E-state index in [1.165, 1.54) is 0 Å². The zero-order valence-electron chi connectivity index (χ0n) is 21.2. The molecule has 0 aromatic heterocycles. The molecule has 2 unspecified atom stereocenters. The van der Waals surface area contributed by atoms with Crippen LogP contribution < -0.4 is 16.4 Å². The fourth-order valence-electron chi connectivity index (χ4n) is 5.43. The molecular formula is C28H33N5O4. The van der Waals surface area contributed by atoms with E-state index in [1.54, 1.807) is 24.0 Å². The Morgan fingerprint density at radius 2 is 1.89 bits per heavy atom. The van der Waals surface area contributed by atoms with Crippen molar-refractivity contribution in [3.8, 4) is 0 Å². The molecule has 1 saturated heterocycles. The van der Waals surface area contributed by atoms with Crippen molar-refractivity contribution in [2.45, 2.75) is 63.7 Å². The number of urea groups is 1. The second-order valence-corrected chi connectivity index (χ2v) is 10.5. The van der Waals surface area contributed by atoms with E-state index < -0.39 is 23.5 Å². The van der Waals surface area contributed by atoms with Crippen molar-refractivity contribution in [2.24, 2.45) is 11.7 Å². The van der Waals surface area contributed by atoms with Gasteiger partial charge in [0.15, 0.2) is 0 Å². The number of carbonyl (C=O) groups excluding carboxylic acids is 4. The first-order valence-corrected chi connectivity index (χ1v) is 12.9. The minimum Gasteiger partial charge on any atom is -0.334 e. The summed E-state index contributed by atoms with van der Waals surface area (Å²) in [5.74, 6) is -0.504. The highest BCUT2D eigenvalue weighted by molar-refractivity contribution is 6.10. The van der Waals surface area contributed by atoms with Gasteiger partial charge in [0, 0.05) is 18.3 Å². The molecule has 9 heteroatoms. The molecule has 3 atom stereocenters. The third kappa shape index (κ3) is 4.71. The summed E-state index contributed by atoms with van der Waals surface area (Å²) in [6, 6.07) is 13.9. The summed E-state index contributed by atoms with van der Waals surface area (Å²) in [6.45, 7) is 3.78. The number of hydrogen-bond donors (Lipinski definition) is 3. The molecule has 2 aliphatic carbocycles. The van der Waals surface area contributed by atoms with Crippen LogP contribution in [0.5, 0.6) is 0 Å². The van der Waals surface area contributed by atoms with Gasteiger partial charge in [-0.25, -0.2) is 4.79 Å². The van der Waals surface area contributed by atoms with Crippen molar-refractivity contribution in [1.29, 1.82) is 0 Å². The maximum atomic E-state index is 13.7. The molecule has 2 aromatic carbocycles. The Hall–Kier alpha value is -3.72. The summed E-state index contributed by atoms with van der Waals surface area (Å²) in [5.41, 5.74) is 7.62. The number of nitrogens with zero attached hydrogens (tertiary/aromatic N) is 2. The quantitative estimate of drug-likeness (QED) is 0.478. The molecule has 1 spiro atoms. The summed E-state index contributed by atoms with van der Waals surface area (Å²) >= 11 is 0. The summed E-state index contributed by atoms with van der Waals surface area (Å²) in [4.78, 5) is 55.1. The molecule has 1 saturated carbocycles. The fraction of sp³-hybridized carbons (Fsp3) is 0.429. The lowest BCUT2D eigenvalue weighted by Crippen LogP contribution is -2.47. The Morgan fingerprint density at radius 1 is 1.16 bits per heavy atom. The number of amides is 5. The van der Waals surface area contributed by atoms with Gasteiger partial charge in [0.1, 0.15) is 12.1 Å². The first kappa shape index (κ1) is 25.0. The number of nitrogens with one attached hydrogen (secondary N) is 2. The third-order valence-corrected chi connectivity index (χ3v) is 7.80. The topological polar surface area (TPSA) is 125 Å². The van der Waals surface area contributed by atoms with E-state index in [1.807, 2.05) is 43.3 Å². The highest BCUT2D eigenvalue weighted by atomic mass is 16.2. The molecule has 194 valence electrons. The maximum Gasteiger partial charge on any atom is 0.325 e. The van der Waals surface area contributed by atoms with Crippen LogP contribution in [0, 0.1) is 5.92 Å². The molecule has 1 aliphatic heterocycles. The van der Waals surface area contributed by atoms with Gasteiger partial charge in [-0.1, -0.05) is 36.4 Å². The molecule has 2 fully saturated rings. The van der Waals surface area contributed by atoms with E-state index in [0.717, 1.165) is 28.9 Å². The van der Waals surface area contributed by atoms with Crippen LogP contribution in [-0.4, -0.2) is 52.2 Å². The Bertz CT molecular complexity index is 1240. The first-order valence-electron chi connectivity index (χ1n) is 12.9. The Kier molecular flexibility index (Phi) is 6.49. The minimum absolute atomic E-state index is 0.0273. The Balaban J connectivity index is 1.34. The van der Waals surface area contributed by atoms with Gasteiger partial charge in [-0.2, -0.15) is 0 Å². The minimum atomic E-state index is -1.19. The number of benzene rings is 2. The number of aryl methyl sites for hydroxylation is 1. The summed E-state index contributed by atoms with van der Waals surface area (Å²) < 4.78 is 0. The molecule has 1 heterocycles. The summed E-state index contributed by atoms with van der Waals surface area (Å²) in [5, 5.41) is 5.65. The number of carbonyl (C=O) groups is 4. The number of imide groups is 1. The first-order chi connectivity index (χ1) is 17.7. The molecular weight excluding hydrogens is 470 g/mol. The predicted octanol–water partition coefficient (Wildman–Crippen LogP) is 2.49. The van der Waals surface area contributed by atoms with Gasteiger partial charge >= 0.3 is 6.03 Å². The van der Waals surface area contributed by atoms with Crippen LogP contribution in [0.2, 0.25) is 0 Å². The van der Waals surface area contributed by atoms with Gasteiger partial charge in [0.2, 0.25) is 11.8 Å². The second kappa shape index (κ2) is 9.63. The van der Waals surface area contributed by atoms with Crippen LogP contribution in [0.15, 0.2) is 48.5 Å². The van der Waals surface area contributed by atoms with E-state index >= 15 is 0 Å². The molecule has 37 heavy (non-hydrogen) atoms. The van der Waals surface area contributed by atoms with Crippen molar-refractivity contribution >= 4 is 29.4 Å². The molecule has 5 amide bonds. The Morgan fingerprint density at radius 3 is 2.57 bits per heavy atom. The zero-order chi connectivity index (χ0) is 26.3.